The van der Waals surface area contributed by atoms with Crippen LogP contribution in [0.1, 0.15) is 30.4 Å². The van der Waals surface area contributed by atoms with Gasteiger partial charge in [-0.05, 0) is 43.9 Å². The zero-order chi connectivity index (χ0) is 21.1. The predicted molar refractivity (Wildman–Crippen MR) is 108 cm³/mol. The van der Waals surface area contributed by atoms with Gasteiger partial charge in [-0.2, -0.15) is 0 Å². The Labute approximate surface area is 170 Å². The van der Waals surface area contributed by atoms with Crippen LogP contribution in [0.25, 0.3) is 0 Å². The highest BCUT2D eigenvalue weighted by Gasteiger charge is 2.37. The quantitative estimate of drug-likeness (QED) is 0.752. The number of benzene rings is 1. The maximum Gasteiger partial charge on any atom is 0.242 e. The normalized spacial score (nSPS) is 21.4. The number of amides is 4. The molecule has 1 aromatic rings. The molecule has 0 aromatic heterocycles. The van der Waals surface area contributed by atoms with E-state index in [4.69, 9.17) is 0 Å². The Bertz CT molecular complexity index is 838. The molecule has 2 saturated heterocycles. The molecule has 0 radical (unpaired) electrons. The van der Waals surface area contributed by atoms with Crippen molar-refractivity contribution in [3.8, 4) is 0 Å². The monoisotopic (exact) mass is 400 g/mol. The fourth-order valence-electron chi connectivity index (χ4n) is 4.06. The van der Waals surface area contributed by atoms with Gasteiger partial charge in [0.05, 0.1) is 12.5 Å². The van der Waals surface area contributed by atoms with Gasteiger partial charge >= 0.3 is 0 Å². The first-order chi connectivity index (χ1) is 13.8. The third-order valence-corrected chi connectivity index (χ3v) is 5.90. The second-order valence-electron chi connectivity index (χ2n) is 7.70. The highest BCUT2D eigenvalue weighted by molar-refractivity contribution is 6.01. The average Bonchev–Trinajstić information content (AvgIpc) is 3.34. The molecular formula is C21H28N4O4. The van der Waals surface area contributed by atoms with Crippen LogP contribution in [0.2, 0.25) is 0 Å². The molecule has 2 N–H and O–H groups in total. The summed E-state index contributed by atoms with van der Waals surface area (Å²) in [6.07, 6.45) is 1.51. The number of anilines is 1. The Morgan fingerprint density at radius 1 is 1.17 bits per heavy atom. The molecule has 156 valence electrons. The van der Waals surface area contributed by atoms with Crippen molar-refractivity contribution in [3.05, 3.63) is 29.3 Å². The second kappa shape index (κ2) is 8.63. The van der Waals surface area contributed by atoms with E-state index in [0.29, 0.717) is 19.5 Å². The van der Waals surface area contributed by atoms with Gasteiger partial charge in [0, 0.05) is 32.2 Å². The molecule has 2 aliphatic rings. The molecule has 8 heteroatoms. The van der Waals surface area contributed by atoms with Crippen molar-refractivity contribution in [1.82, 2.24) is 15.5 Å². The van der Waals surface area contributed by atoms with Gasteiger partial charge in [0.1, 0.15) is 6.04 Å². The number of aryl methyl sites for hydroxylation is 1. The molecule has 0 saturated carbocycles. The van der Waals surface area contributed by atoms with E-state index in [2.05, 4.69) is 10.6 Å². The lowest BCUT2D eigenvalue weighted by Crippen LogP contribution is -2.48. The van der Waals surface area contributed by atoms with Crippen LogP contribution < -0.4 is 15.5 Å². The summed E-state index contributed by atoms with van der Waals surface area (Å²) in [5.74, 6) is -1.36. The first kappa shape index (κ1) is 20.8. The van der Waals surface area contributed by atoms with Crippen molar-refractivity contribution < 1.29 is 19.2 Å². The minimum atomic E-state index is -0.497. The maximum absolute atomic E-state index is 12.6. The smallest absolute Gasteiger partial charge is 0.242 e. The first-order valence-corrected chi connectivity index (χ1v) is 9.98. The molecule has 2 fully saturated rings. The van der Waals surface area contributed by atoms with E-state index < -0.39 is 12.0 Å². The number of carbonyl (C=O) groups excluding carboxylic acids is 4. The average molecular weight is 400 g/mol. The van der Waals surface area contributed by atoms with Crippen LogP contribution in [0, 0.1) is 19.8 Å². The standard InChI is InChI=1S/C21H28N4O4/c1-13-6-4-7-16(14(13)2)25-12-15(10-18(25)26)20(28)23-11-19(27)24-9-5-8-17(24)21(29)22-3/h4,6-7,15,17H,5,8-12H2,1-3H3,(H,22,29)(H,23,28). The third-order valence-electron chi connectivity index (χ3n) is 5.90. The van der Waals surface area contributed by atoms with E-state index in [1.165, 1.54) is 4.90 Å². The molecular weight excluding hydrogens is 372 g/mol. The van der Waals surface area contributed by atoms with Crippen molar-refractivity contribution >= 4 is 29.3 Å². The van der Waals surface area contributed by atoms with Gasteiger partial charge < -0.3 is 20.4 Å². The molecule has 8 nitrogen and oxygen atoms in total. The van der Waals surface area contributed by atoms with Crippen LogP contribution in [-0.4, -0.2) is 61.3 Å². The Kier molecular flexibility index (Phi) is 6.20. The molecule has 2 heterocycles. The summed E-state index contributed by atoms with van der Waals surface area (Å²) in [4.78, 5) is 52.6. The maximum atomic E-state index is 12.6. The minimum Gasteiger partial charge on any atom is -0.357 e. The van der Waals surface area contributed by atoms with Gasteiger partial charge in [-0.15, -0.1) is 0 Å². The van der Waals surface area contributed by atoms with Gasteiger partial charge in [0.2, 0.25) is 23.6 Å². The minimum absolute atomic E-state index is 0.0931. The lowest BCUT2D eigenvalue weighted by Gasteiger charge is -2.24. The predicted octanol–water partition coefficient (Wildman–Crippen LogP) is 0.510. The molecule has 4 amide bonds. The highest BCUT2D eigenvalue weighted by atomic mass is 16.2. The van der Waals surface area contributed by atoms with Crippen LogP contribution in [0.15, 0.2) is 18.2 Å². The Balaban J connectivity index is 1.58. The number of nitrogens with one attached hydrogen (secondary N) is 2. The van der Waals surface area contributed by atoms with Crippen LogP contribution in [0.3, 0.4) is 0 Å². The fourth-order valence-corrected chi connectivity index (χ4v) is 4.06. The zero-order valence-electron chi connectivity index (χ0n) is 17.2. The van der Waals surface area contributed by atoms with Crippen molar-refractivity contribution in [1.29, 1.82) is 0 Å². The van der Waals surface area contributed by atoms with E-state index in [1.54, 1.807) is 11.9 Å². The third kappa shape index (κ3) is 4.26. The number of carbonyl (C=O) groups is 4. The van der Waals surface area contributed by atoms with Crippen molar-refractivity contribution in [2.24, 2.45) is 5.92 Å². The largest absolute Gasteiger partial charge is 0.357 e. The Morgan fingerprint density at radius 3 is 2.66 bits per heavy atom. The Hall–Kier alpha value is -2.90. The summed E-state index contributed by atoms with van der Waals surface area (Å²) in [6.45, 7) is 4.59. The molecule has 2 unspecified atom stereocenters. The fraction of sp³-hybridized carbons (Fsp3) is 0.524. The molecule has 1 aromatic carbocycles. The summed E-state index contributed by atoms with van der Waals surface area (Å²) in [7, 11) is 1.55. The SMILES string of the molecule is CNC(=O)C1CCCN1C(=O)CNC(=O)C1CC(=O)N(c2cccc(C)c2C)C1. The number of rotatable bonds is 5. The first-order valence-electron chi connectivity index (χ1n) is 9.98. The number of likely N-dealkylation sites (N-methyl/N-ethyl adjacent to an activating group) is 1. The van der Waals surface area contributed by atoms with Gasteiger partial charge in [0.15, 0.2) is 0 Å². The summed E-state index contributed by atoms with van der Waals surface area (Å²) in [5.41, 5.74) is 2.93. The van der Waals surface area contributed by atoms with E-state index in [1.807, 2.05) is 32.0 Å². The highest BCUT2D eigenvalue weighted by Crippen LogP contribution is 2.29. The Morgan fingerprint density at radius 2 is 1.93 bits per heavy atom. The van der Waals surface area contributed by atoms with Crippen LogP contribution in [0.4, 0.5) is 5.69 Å². The molecule has 0 aliphatic carbocycles. The molecule has 3 rings (SSSR count). The van der Waals surface area contributed by atoms with Crippen LogP contribution >= 0.6 is 0 Å². The van der Waals surface area contributed by atoms with Crippen molar-refractivity contribution in [3.63, 3.8) is 0 Å². The van der Waals surface area contributed by atoms with E-state index in [0.717, 1.165) is 23.2 Å². The van der Waals surface area contributed by atoms with Crippen LogP contribution in [0.5, 0.6) is 0 Å². The summed E-state index contributed by atoms with van der Waals surface area (Å²) < 4.78 is 0. The van der Waals surface area contributed by atoms with Gasteiger partial charge in [0.25, 0.3) is 0 Å². The number of likely N-dealkylation sites (tertiary alicyclic amines) is 1. The molecule has 2 atom stereocenters. The lowest BCUT2D eigenvalue weighted by molar-refractivity contribution is -0.138. The number of nitrogens with zero attached hydrogens (tertiary/aromatic N) is 2. The van der Waals surface area contributed by atoms with Crippen molar-refractivity contribution in [2.75, 3.05) is 31.6 Å². The molecule has 0 bridgehead atoms. The van der Waals surface area contributed by atoms with Gasteiger partial charge in [-0.3, -0.25) is 19.2 Å². The lowest BCUT2D eigenvalue weighted by atomic mass is 10.1. The van der Waals surface area contributed by atoms with E-state index >= 15 is 0 Å². The van der Waals surface area contributed by atoms with E-state index in [9.17, 15) is 19.2 Å². The number of hydrogen-bond acceptors (Lipinski definition) is 4. The molecule has 0 spiro atoms. The zero-order valence-corrected chi connectivity index (χ0v) is 17.2. The van der Waals surface area contributed by atoms with Crippen molar-refractivity contribution in [2.45, 2.75) is 39.2 Å². The number of hydrogen-bond donors (Lipinski definition) is 2. The molecule has 29 heavy (non-hydrogen) atoms. The second-order valence-corrected chi connectivity index (χ2v) is 7.70. The summed E-state index contributed by atoms with van der Waals surface area (Å²) >= 11 is 0. The summed E-state index contributed by atoms with van der Waals surface area (Å²) in [5, 5.41) is 5.23. The van der Waals surface area contributed by atoms with Crippen LogP contribution in [-0.2, 0) is 19.2 Å². The topological polar surface area (TPSA) is 98.8 Å². The molecule has 2 aliphatic heterocycles. The van der Waals surface area contributed by atoms with Gasteiger partial charge in [-0.1, -0.05) is 12.1 Å². The van der Waals surface area contributed by atoms with Gasteiger partial charge in [-0.25, -0.2) is 0 Å². The summed E-state index contributed by atoms with van der Waals surface area (Å²) in [6, 6.07) is 5.29. The van der Waals surface area contributed by atoms with E-state index in [-0.39, 0.29) is 36.6 Å².